The summed E-state index contributed by atoms with van der Waals surface area (Å²) in [6.07, 6.45) is 0. The molecule has 2 N–H and O–H groups in total. The largest absolute Gasteiger partial charge is 0.497 e. The number of hydrogen-bond donors (Lipinski definition) is 2. The van der Waals surface area contributed by atoms with Crippen LogP contribution in [0.2, 0.25) is 0 Å². The minimum absolute atomic E-state index is 0.684. The number of rotatable bonds is 5. The van der Waals surface area contributed by atoms with Crippen LogP contribution in [0, 0.1) is 13.8 Å². The Morgan fingerprint density at radius 2 is 1.56 bits per heavy atom. The van der Waals surface area contributed by atoms with Gasteiger partial charge in [-0.25, -0.2) is 9.97 Å². The van der Waals surface area contributed by atoms with Crippen molar-refractivity contribution in [3.8, 4) is 5.75 Å². The standard InChI is InChI=1S/C19H19BrN4O/c1-12-9-15(7-8-17(12)20)24-19-11-18(21-13(2)22-19)23-14-5-4-6-16(10-14)25-3/h4-11H,1-3H3,(H2,21,22,23,24). The average molecular weight is 399 g/mol. The highest BCUT2D eigenvalue weighted by Crippen LogP contribution is 2.25. The summed E-state index contributed by atoms with van der Waals surface area (Å²) < 4.78 is 6.33. The predicted molar refractivity (Wildman–Crippen MR) is 105 cm³/mol. The Bertz CT molecular complexity index is 898. The first-order chi connectivity index (χ1) is 12.0. The number of anilines is 4. The van der Waals surface area contributed by atoms with E-state index < -0.39 is 0 Å². The normalized spacial score (nSPS) is 10.4. The quantitative estimate of drug-likeness (QED) is 0.606. The van der Waals surface area contributed by atoms with Gasteiger partial charge in [0.2, 0.25) is 0 Å². The first kappa shape index (κ1) is 17.2. The lowest BCUT2D eigenvalue weighted by Gasteiger charge is -2.11. The van der Waals surface area contributed by atoms with Crippen LogP contribution in [0.1, 0.15) is 11.4 Å². The van der Waals surface area contributed by atoms with Gasteiger partial charge in [-0.2, -0.15) is 0 Å². The van der Waals surface area contributed by atoms with Crippen molar-refractivity contribution in [3.05, 3.63) is 64.4 Å². The summed E-state index contributed by atoms with van der Waals surface area (Å²) >= 11 is 3.51. The first-order valence-electron chi connectivity index (χ1n) is 7.83. The summed E-state index contributed by atoms with van der Waals surface area (Å²) in [4.78, 5) is 8.91. The minimum Gasteiger partial charge on any atom is -0.497 e. The molecular weight excluding hydrogens is 380 g/mol. The lowest BCUT2D eigenvalue weighted by molar-refractivity contribution is 0.415. The molecule has 25 heavy (non-hydrogen) atoms. The molecule has 0 bridgehead atoms. The number of nitrogens with one attached hydrogen (secondary N) is 2. The molecule has 0 aliphatic rings. The third kappa shape index (κ3) is 4.48. The molecule has 0 atom stereocenters. The minimum atomic E-state index is 0.684. The second kappa shape index (κ2) is 7.53. The Morgan fingerprint density at radius 3 is 2.20 bits per heavy atom. The van der Waals surface area contributed by atoms with Crippen molar-refractivity contribution in [1.29, 1.82) is 0 Å². The van der Waals surface area contributed by atoms with Gasteiger partial charge >= 0.3 is 0 Å². The monoisotopic (exact) mass is 398 g/mol. The summed E-state index contributed by atoms with van der Waals surface area (Å²) in [5.74, 6) is 2.93. The van der Waals surface area contributed by atoms with Crippen molar-refractivity contribution in [1.82, 2.24) is 9.97 Å². The highest BCUT2D eigenvalue weighted by Gasteiger charge is 2.05. The molecule has 3 aromatic rings. The second-order valence-electron chi connectivity index (χ2n) is 5.63. The van der Waals surface area contributed by atoms with Crippen molar-refractivity contribution < 1.29 is 4.74 Å². The summed E-state index contributed by atoms with van der Waals surface area (Å²) in [5, 5.41) is 6.61. The summed E-state index contributed by atoms with van der Waals surface area (Å²) in [5.41, 5.74) is 3.04. The molecule has 3 rings (SSSR count). The van der Waals surface area contributed by atoms with E-state index in [1.165, 1.54) is 0 Å². The molecule has 1 heterocycles. The number of benzene rings is 2. The number of halogens is 1. The van der Waals surface area contributed by atoms with Crippen LogP contribution in [0.25, 0.3) is 0 Å². The highest BCUT2D eigenvalue weighted by atomic mass is 79.9. The Labute approximate surface area is 155 Å². The summed E-state index contributed by atoms with van der Waals surface area (Å²) in [6, 6.07) is 15.7. The average Bonchev–Trinajstić information content (AvgIpc) is 2.58. The molecular formula is C19H19BrN4O. The van der Waals surface area contributed by atoms with Crippen LogP contribution < -0.4 is 15.4 Å². The molecule has 0 spiro atoms. The van der Waals surface area contributed by atoms with Crippen LogP contribution in [-0.2, 0) is 0 Å². The van der Waals surface area contributed by atoms with E-state index in [0.29, 0.717) is 5.82 Å². The molecule has 1 aromatic heterocycles. The van der Waals surface area contributed by atoms with Gasteiger partial charge in [0, 0.05) is 28.0 Å². The van der Waals surface area contributed by atoms with Crippen LogP contribution in [-0.4, -0.2) is 17.1 Å². The number of nitrogens with zero attached hydrogens (tertiary/aromatic N) is 2. The van der Waals surface area contributed by atoms with Gasteiger partial charge < -0.3 is 15.4 Å². The van der Waals surface area contributed by atoms with Crippen LogP contribution >= 0.6 is 15.9 Å². The maximum Gasteiger partial charge on any atom is 0.136 e. The Hall–Kier alpha value is -2.60. The lowest BCUT2D eigenvalue weighted by Crippen LogP contribution is -2.01. The van der Waals surface area contributed by atoms with E-state index in [2.05, 4.69) is 49.5 Å². The zero-order valence-electron chi connectivity index (χ0n) is 14.3. The fraction of sp³-hybridized carbons (Fsp3) is 0.158. The number of aromatic nitrogens is 2. The predicted octanol–water partition coefficient (Wildman–Crippen LogP) is 5.35. The molecule has 0 fully saturated rings. The van der Waals surface area contributed by atoms with E-state index in [4.69, 9.17) is 4.74 Å². The zero-order chi connectivity index (χ0) is 17.8. The molecule has 0 unspecified atom stereocenters. The van der Waals surface area contributed by atoms with Crippen molar-refractivity contribution >= 4 is 38.9 Å². The molecule has 2 aromatic carbocycles. The van der Waals surface area contributed by atoms with E-state index in [9.17, 15) is 0 Å². The molecule has 0 aliphatic heterocycles. The highest BCUT2D eigenvalue weighted by molar-refractivity contribution is 9.10. The maximum atomic E-state index is 5.25. The van der Waals surface area contributed by atoms with Crippen molar-refractivity contribution in [2.45, 2.75) is 13.8 Å². The summed E-state index contributed by atoms with van der Waals surface area (Å²) in [6.45, 7) is 3.92. The fourth-order valence-electron chi connectivity index (χ4n) is 2.41. The van der Waals surface area contributed by atoms with Crippen molar-refractivity contribution in [3.63, 3.8) is 0 Å². The SMILES string of the molecule is COc1cccc(Nc2cc(Nc3ccc(Br)c(C)c3)nc(C)n2)c1. The van der Waals surface area contributed by atoms with Gasteiger partial charge in [0.1, 0.15) is 23.2 Å². The van der Waals surface area contributed by atoms with Crippen molar-refractivity contribution in [2.24, 2.45) is 0 Å². The van der Waals surface area contributed by atoms with E-state index in [1.54, 1.807) is 7.11 Å². The molecule has 6 heteroatoms. The van der Waals surface area contributed by atoms with E-state index in [1.807, 2.05) is 49.4 Å². The molecule has 0 aliphatic carbocycles. The number of ether oxygens (including phenoxy) is 1. The maximum absolute atomic E-state index is 5.25. The number of hydrogen-bond acceptors (Lipinski definition) is 5. The fourth-order valence-corrected chi connectivity index (χ4v) is 2.66. The number of aryl methyl sites for hydroxylation is 2. The number of methoxy groups -OCH3 is 1. The molecule has 0 saturated carbocycles. The van der Waals surface area contributed by atoms with Gasteiger partial charge in [0.05, 0.1) is 7.11 Å². The third-order valence-corrected chi connectivity index (χ3v) is 4.50. The van der Waals surface area contributed by atoms with Gasteiger partial charge in [0.25, 0.3) is 0 Å². The lowest BCUT2D eigenvalue weighted by atomic mass is 10.2. The van der Waals surface area contributed by atoms with Gasteiger partial charge in [0.15, 0.2) is 0 Å². The second-order valence-corrected chi connectivity index (χ2v) is 6.49. The van der Waals surface area contributed by atoms with E-state index in [0.717, 1.165) is 38.8 Å². The van der Waals surface area contributed by atoms with E-state index >= 15 is 0 Å². The molecule has 128 valence electrons. The molecule has 0 radical (unpaired) electrons. The molecule has 0 saturated heterocycles. The van der Waals surface area contributed by atoms with E-state index in [-0.39, 0.29) is 0 Å². The van der Waals surface area contributed by atoms with Gasteiger partial charge in [-0.3, -0.25) is 0 Å². The van der Waals surface area contributed by atoms with Crippen LogP contribution in [0.3, 0.4) is 0 Å². The third-order valence-electron chi connectivity index (χ3n) is 3.61. The Balaban J connectivity index is 1.83. The van der Waals surface area contributed by atoms with Gasteiger partial charge in [-0.1, -0.05) is 22.0 Å². The van der Waals surface area contributed by atoms with Crippen LogP contribution in [0.4, 0.5) is 23.0 Å². The van der Waals surface area contributed by atoms with Crippen LogP contribution in [0.15, 0.2) is 53.0 Å². The zero-order valence-corrected chi connectivity index (χ0v) is 15.9. The Morgan fingerprint density at radius 1 is 0.880 bits per heavy atom. The summed E-state index contributed by atoms with van der Waals surface area (Å²) in [7, 11) is 1.65. The Kier molecular flexibility index (Phi) is 5.19. The van der Waals surface area contributed by atoms with Gasteiger partial charge in [-0.05, 0) is 49.7 Å². The topological polar surface area (TPSA) is 59.1 Å². The molecule has 5 nitrogen and oxygen atoms in total. The smallest absolute Gasteiger partial charge is 0.136 e. The van der Waals surface area contributed by atoms with Crippen LogP contribution in [0.5, 0.6) is 5.75 Å². The van der Waals surface area contributed by atoms with Crippen molar-refractivity contribution in [2.75, 3.05) is 17.7 Å². The van der Waals surface area contributed by atoms with Gasteiger partial charge in [-0.15, -0.1) is 0 Å². The molecule has 0 amide bonds. The first-order valence-corrected chi connectivity index (χ1v) is 8.63.